The molecule has 0 bridgehead atoms. The summed E-state index contributed by atoms with van der Waals surface area (Å²) < 4.78 is 7.40. The van der Waals surface area contributed by atoms with Crippen LogP contribution in [-0.2, 0) is 36.1 Å². The molecule has 2 fully saturated rings. The first-order valence-corrected chi connectivity index (χ1v) is 17.3. The molecule has 0 saturated carbocycles. The predicted octanol–water partition coefficient (Wildman–Crippen LogP) is 3.58. The van der Waals surface area contributed by atoms with E-state index in [-0.39, 0.29) is 34.6 Å². The second-order valence-corrected chi connectivity index (χ2v) is 13.4. The Labute approximate surface area is 299 Å². The number of fused-ring (bicyclic) bond motifs is 1. The van der Waals surface area contributed by atoms with Gasteiger partial charge in [0.15, 0.2) is 5.82 Å². The topological polar surface area (TPSA) is 155 Å². The second-order valence-electron chi connectivity index (χ2n) is 12.7. The van der Waals surface area contributed by atoms with Crippen LogP contribution in [0.15, 0.2) is 42.6 Å². The Morgan fingerprint density at radius 1 is 1.06 bits per heavy atom. The number of nitrogens with zero attached hydrogens (tertiary/aromatic N) is 5. The van der Waals surface area contributed by atoms with Crippen molar-refractivity contribution in [3.8, 4) is 28.4 Å². The number of rotatable bonds is 10. The molecule has 260 valence electrons. The van der Waals surface area contributed by atoms with Gasteiger partial charge in [0.1, 0.15) is 0 Å². The number of pyridine rings is 2. The summed E-state index contributed by atoms with van der Waals surface area (Å²) >= 11 is 13.9. The van der Waals surface area contributed by atoms with Gasteiger partial charge in [0.25, 0.3) is 5.91 Å². The number of ether oxygens (including phenoxy) is 1. The van der Waals surface area contributed by atoms with Gasteiger partial charge in [-0.15, -0.1) is 0 Å². The van der Waals surface area contributed by atoms with E-state index in [1.165, 1.54) is 0 Å². The van der Waals surface area contributed by atoms with Gasteiger partial charge in [0.05, 0.1) is 52.4 Å². The maximum Gasteiger partial charge on any atom is 0.291 e. The number of hydrogen-bond donors (Lipinski definition) is 4. The molecule has 3 aliphatic rings. The van der Waals surface area contributed by atoms with E-state index in [1.54, 1.807) is 42.1 Å². The van der Waals surface area contributed by atoms with Crippen molar-refractivity contribution in [1.29, 1.82) is 0 Å². The van der Waals surface area contributed by atoms with Gasteiger partial charge in [-0.1, -0.05) is 41.4 Å². The number of carbonyl (C=O) groups excluding carboxylic acids is 3. The molecule has 3 amide bonds. The van der Waals surface area contributed by atoms with Gasteiger partial charge < -0.3 is 35.5 Å². The monoisotopic (exact) mass is 717 g/mol. The molecule has 13 nitrogen and oxygen atoms in total. The van der Waals surface area contributed by atoms with E-state index in [9.17, 15) is 14.4 Å². The Kier molecular flexibility index (Phi) is 9.73. The summed E-state index contributed by atoms with van der Waals surface area (Å²) in [6, 6.07) is 10.9. The van der Waals surface area contributed by atoms with Crippen LogP contribution in [0.25, 0.3) is 22.5 Å². The van der Waals surface area contributed by atoms with E-state index < -0.39 is 5.91 Å². The van der Waals surface area contributed by atoms with Crippen LogP contribution in [-0.4, -0.2) is 81.5 Å². The Hall–Kier alpha value is -4.56. The summed E-state index contributed by atoms with van der Waals surface area (Å²) in [6.45, 7) is 3.54. The quantitative estimate of drug-likeness (QED) is 0.193. The highest BCUT2D eigenvalue weighted by Crippen LogP contribution is 2.40. The molecule has 7 rings (SSSR count). The van der Waals surface area contributed by atoms with Crippen LogP contribution in [0.1, 0.15) is 40.4 Å². The van der Waals surface area contributed by atoms with Gasteiger partial charge in [-0.2, -0.15) is 0 Å². The van der Waals surface area contributed by atoms with Gasteiger partial charge in [-0.05, 0) is 24.6 Å². The zero-order valence-corrected chi connectivity index (χ0v) is 29.2. The van der Waals surface area contributed by atoms with Crippen molar-refractivity contribution in [3.63, 3.8) is 0 Å². The smallest absolute Gasteiger partial charge is 0.291 e. The van der Waals surface area contributed by atoms with Crippen LogP contribution in [0.2, 0.25) is 10.0 Å². The molecule has 2 saturated heterocycles. The van der Waals surface area contributed by atoms with Gasteiger partial charge in [0.2, 0.25) is 17.7 Å². The van der Waals surface area contributed by atoms with E-state index in [2.05, 4.69) is 31.2 Å². The molecular weight excluding hydrogens is 681 g/mol. The summed E-state index contributed by atoms with van der Waals surface area (Å²) in [4.78, 5) is 53.6. The standard InChI is InChI=1S/C35H37Cl2N9O4/c1-45-27-11-13-46(35(49)20-15-38-16-20)18-26(27)42-32(45)33(48)43-25-5-3-4-23(29(25)36)31-30(37)22(10-12-40-31)24-8-6-19(34(44-24)50-2)14-39-17-21-7-9-28(47)41-21/h3-6,8,10,12,20-21,38-39H,7,9,11,13-18H2,1-2H3,(H,41,47)(H,43,48)/t21-/m0/s1. The average molecular weight is 719 g/mol. The Bertz CT molecular complexity index is 1980. The summed E-state index contributed by atoms with van der Waals surface area (Å²) in [7, 11) is 3.38. The fourth-order valence-electron chi connectivity index (χ4n) is 6.60. The number of benzene rings is 1. The third-order valence-corrected chi connectivity index (χ3v) is 10.3. The molecule has 4 N–H and O–H groups in total. The van der Waals surface area contributed by atoms with E-state index in [0.29, 0.717) is 91.2 Å². The van der Waals surface area contributed by atoms with Crippen LogP contribution in [0, 0.1) is 5.92 Å². The van der Waals surface area contributed by atoms with E-state index in [4.69, 9.17) is 32.9 Å². The SMILES string of the molecule is COc1nc(-c2ccnc(-c3cccc(NC(=O)c4nc5c(n4C)CCN(C(=O)C4CNC4)C5)c3Cl)c2Cl)ccc1CNC[C@@H]1CCC(=O)N1. The molecule has 15 heteroatoms. The molecule has 0 radical (unpaired) electrons. The van der Waals surface area contributed by atoms with Gasteiger partial charge in [0, 0.05) is 87.2 Å². The third kappa shape index (κ3) is 6.65. The number of nitrogens with one attached hydrogen (secondary N) is 4. The molecule has 3 aromatic heterocycles. The van der Waals surface area contributed by atoms with Crippen molar-refractivity contribution in [2.75, 3.05) is 38.6 Å². The van der Waals surface area contributed by atoms with Crippen molar-refractivity contribution in [2.45, 2.75) is 38.4 Å². The Balaban J connectivity index is 1.08. The lowest BCUT2D eigenvalue weighted by Gasteiger charge is -2.34. The summed E-state index contributed by atoms with van der Waals surface area (Å²) in [5, 5.41) is 13.0. The van der Waals surface area contributed by atoms with Crippen molar-refractivity contribution in [2.24, 2.45) is 13.0 Å². The number of anilines is 1. The maximum absolute atomic E-state index is 13.5. The first-order valence-electron chi connectivity index (χ1n) is 16.5. The molecular formula is C35H37Cl2N9O4. The van der Waals surface area contributed by atoms with Crippen LogP contribution in [0.3, 0.4) is 0 Å². The minimum atomic E-state index is -0.423. The number of imidazole rings is 1. The van der Waals surface area contributed by atoms with E-state index in [1.807, 2.05) is 24.1 Å². The first-order chi connectivity index (χ1) is 24.2. The van der Waals surface area contributed by atoms with Crippen LogP contribution in [0.5, 0.6) is 5.88 Å². The summed E-state index contributed by atoms with van der Waals surface area (Å²) in [5.41, 5.74) is 5.08. The number of methoxy groups -OCH3 is 1. The number of halogens is 2. The Morgan fingerprint density at radius 3 is 2.64 bits per heavy atom. The summed E-state index contributed by atoms with van der Waals surface area (Å²) in [6.07, 6.45) is 3.62. The molecule has 0 aliphatic carbocycles. The highest BCUT2D eigenvalue weighted by molar-refractivity contribution is 6.39. The minimum Gasteiger partial charge on any atom is -0.481 e. The van der Waals surface area contributed by atoms with E-state index >= 15 is 0 Å². The van der Waals surface area contributed by atoms with Gasteiger partial charge in [-0.3, -0.25) is 19.4 Å². The molecule has 0 spiro atoms. The van der Waals surface area contributed by atoms with Gasteiger partial charge in [-0.25, -0.2) is 9.97 Å². The molecule has 6 heterocycles. The molecule has 0 unspecified atom stereocenters. The zero-order chi connectivity index (χ0) is 34.9. The minimum absolute atomic E-state index is 0.00724. The lowest BCUT2D eigenvalue weighted by atomic mass is 10.00. The number of aromatic nitrogens is 4. The highest BCUT2D eigenvalue weighted by atomic mass is 35.5. The van der Waals surface area contributed by atoms with Crippen LogP contribution < -0.4 is 26.0 Å². The third-order valence-electron chi connectivity index (χ3n) is 9.49. The lowest BCUT2D eigenvalue weighted by Crippen LogP contribution is -2.52. The number of amides is 3. The average Bonchev–Trinajstić information content (AvgIpc) is 3.66. The predicted molar refractivity (Wildman–Crippen MR) is 189 cm³/mol. The Morgan fingerprint density at radius 2 is 1.90 bits per heavy atom. The maximum atomic E-state index is 13.5. The molecule has 4 aromatic rings. The van der Waals surface area contributed by atoms with Gasteiger partial charge >= 0.3 is 0 Å². The highest BCUT2D eigenvalue weighted by Gasteiger charge is 2.33. The van der Waals surface area contributed by atoms with Crippen LogP contribution in [0.4, 0.5) is 5.69 Å². The molecule has 50 heavy (non-hydrogen) atoms. The first kappa shape index (κ1) is 33.9. The van der Waals surface area contributed by atoms with E-state index in [0.717, 1.165) is 23.4 Å². The van der Waals surface area contributed by atoms with Crippen LogP contribution >= 0.6 is 23.2 Å². The second kappa shape index (κ2) is 14.4. The molecule has 1 atom stereocenters. The van der Waals surface area contributed by atoms with Crippen molar-refractivity contribution in [1.82, 2.24) is 40.4 Å². The van der Waals surface area contributed by atoms with Crippen molar-refractivity contribution < 1.29 is 19.1 Å². The normalized spacial score (nSPS) is 17.2. The lowest BCUT2D eigenvalue weighted by molar-refractivity contribution is -0.138. The fraction of sp³-hybridized carbons (Fsp3) is 0.371. The van der Waals surface area contributed by atoms with Crippen molar-refractivity contribution in [3.05, 3.63) is 75.4 Å². The van der Waals surface area contributed by atoms with Crippen molar-refractivity contribution >= 4 is 46.6 Å². The molecule has 3 aliphatic heterocycles. The summed E-state index contributed by atoms with van der Waals surface area (Å²) in [5.74, 6) is 0.477. The largest absolute Gasteiger partial charge is 0.481 e. The zero-order valence-electron chi connectivity index (χ0n) is 27.7. The number of carbonyl (C=O) groups is 3. The molecule has 1 aromatic carbocycles. The fourth-order valence-corrected chi connectivity index (χ4v) is 7.17. The number of hydrogen-bond acceptors (Lipinski definition) is 9.